The van der Waals surface area contributed by atoms with Gasteiger partial charge >= 0.3 is 0 Å². The summed E-state index contributed by atoms with van der Waals surface area (Å²) in [6, 6.07) is 5.60. The highest BCUT2D eigenvalue weighted by molar-refractivity contribution is 5.62. The molecule has 16 heavy (non-hydrogen) atoms. The Morgan fingerprint density at radius 1 is 1.12 bits per heavy atom. The predicted molar refractivity (Wildman–Crippen MR) is 59.8 cm³/mol. The van der Waals surface area contributed by atoms with Crippen LogP contribution >= 0.6 is 0 Å². The first-order valence-corrected chi connectivity index (χ1v) is 4.89. The quantitative estimate of drug-likeness (QED) is 0.796. The molecule has 0 unspecified atom stereocenters. The molecule has 0 amide bonds. The van der Waals surface area contributed by atoms with Crippen LogP contribution < -0.4 is 9.47 Å². The molecule has 0 fully saturated rings. The molecule has 1 aromatic carbocycles. The molecule has 0 aliphatic carbocycles. The zero-order valence-corrected chi connectivity index (χ0v) is 9.48. The van der Waals surface area contributed by atoms with Gasteiger partial charge in [0.25, 0.3) is 0 Å². The summed E-state index contributed by atoms with van der Waals surface area (Å²) >= 11 is 0. The Morgan fingerprint density at radius 2 is 1.88 bits per heavy atom. The molecule has 2 rings (SSSR count). The summed E-state index contributed by atoms with van der Waals surface area (Å²) in [5, 5.41) is 0. The van der Waals surface area contributed by atoms with Crippen molar-refractivity contribution in [3.05, 3.63) is 30.3 Å². The van der Waals surface area contributed by atoms with E-state index in [1.54, 1.807) is 20.4 Å². The van der Waals surface area contributed by atoms with Crippen molar-refractivity contribution in [3.8, 4) is 22.8 Å². The van der Waals surface area contributed by atoms with Gasteiger partial charge in [-0.15, -0.1) is 0 Å². The molecule has 0 N–H and O–H groups in total. The number of oxazole rings is 1. The molecule has 0 atom stereocenters. The monoisotopic (exact) mass is 219 g/mol. The molecule has 0 saturated carbocycles. The third-order valence-electron chi connectivity index (χ3n) is 2.29. The van der Waals surface area contributed by atoms with E-state index in [-0.39, 0.29) is 0 Å². The van der Waals surface area contributed by atoms with E-state index in [0.29, 0.717) is 17.4 Å². The molecule has 0 bridgehead atoms. The van der Waals surface area contributed by atoms with Gasteiger partial charge in [-0.3, -0.25) is 0 Å². The topological polar surface area (TPSA) is 44.5 Å². The molecule has 0 aliphatic rings. The molecule has 4 nitrogen and oxygen atoms in total. The Hall–Kier alpha value is -1.97. The van der Waals surface area contributed by atoms with Crippen LogP contribution in [0, 0.1) is 6.92 Å². The van der Waals surface area contributed by atoms with Crippen molar-refractivity contribution in [2.24, 2.45) is 0 Å². The summed E-state index contributed by atoms with van der Waals surface area (Å²) in [6.07, 6.45) is 1.69. The molecule has 0 radical (unpaired) electrons. The molecule has 4 heteroatoms. The average molecular weight is 219 g/mol. The van der Waals surface area contributed by atoms with Crippen molar-refractivity contribution in [3.63, 3.8) is 0 Å². The zero-order valence-electron chi connectivity index (χ0n) is 9.48. The zero-order chi connectivity index (χ0) is 11.5. The number of aryl methyl sites for hydroxylation is 1. The fourth-order valence-corrected chi connectivity index (χ4v) is 1.48. The summed E-state index contributed by atoms with van der Waals surface area (Å²) in [6.45, 7) is 1.81. The SMILES string of the molecule is COc1ccc(-c2cnc(C)o2)cc1OC. The summed E-state index contributed by atoms with van der Waals surface area (Å²) in [5.41, 5.74) is 0.915. The van der Waals surface area contributed by atoms with Gasteiger partial charge in [0.1, 0.15) is 0 Å². The number of hydrogen-bond donors (Lipinski definition) is 0. The minimum absolute atomic E-state index is 0.643. The molecule has 84 valence electrons. The van der Waals surface area contributed by atoms with Crippen LogP contribution in [0.2, 0.25) is 0 Å². The lowest BCUT2D eigenvalue weighted by Crippen LogP contribution is -1.90. The second-order valence-corrected chi connectivity index (χ2v) is 3.31. The van der Waals surface area contributed by atoms with Gasteiger partial charge in [-0.05, 0) is 18.2 Å². The number of hydrogen-bond acceptors (Lipinski definition) is 4. The van der Waals surface area contributed by atoms with Crippen molar-refractivity contribution in [2.75, 3.05) is 14.2 Å². The number of methoxy groups -OCH3 is 2. The highest BCUT2D eigenvalue weighted by Crippen LogP contribution is 2.32. The van der Waals surface area contributed by atoms with Crippen LogP contribution in [-0.2, 0) is 0 Å². The lowest BCUT2D eigenvalue weighted by molar-refractivity contribution is 0.355. The molecular formula is C12H13NO3. The van der Waals surface area contributed by atoms with E-state index < -0.39 is 0 Å². The van der Waals surface area contributed by atoms with Gasteiger partial charge in [0.2, 0.25) is 0 Å². The van der Waals surface area contributed by atoms with E-state index in [2.05, 4.69) is 4.98 Å². The summed E-state index contributed by atoms with van der Waals surface area (Å²) in [4.78, 5) is 4.05. The van der Waals surface area contributed by atoms with Gasteiger partial charge < -0.3 is 13.9 Å². The first kappa shape index (κ1) is 10.5. The van der Waals surface area contributed by atoms with Gasteiger partial charge in [0.15, 0.2) is 23.1 Å². The number of rotatable bonds is 3. The normalized spacial score (nSPS) is 10.2. The van der Waals surface area contributed by atoms with Gasteiger partial charge in [-0.25, -0.2) is 4.98 Å². The largest absolute Gasteiger partial charge is 0.493 e. The summed E-state index contributed by atoms with van der Waals surface area (Å²) < 4.78 is 15.8. The minimum atomic E-state index is 0.643. The van der Waals surface area contributed by atoms with Crippen LogP contribution in [0.4, 0.5) is 0 Å². The van der Waals surface area contributed by atoms with Gasteiger partial charge in [0.05, 0.1) is 20.4 Å². The third kappa shape index (κ3) is 1.86. The molecule has 1 aromatic heterocycles. The number of aromatic nitrogens is 1. The van der Waals surface area contributed by atoms with Gasteiger partial charge in [-0.2, -0.15) is 0 Å². The van der Waals surface area contributed by atoms with Crippen molar-refractivity contribution in [1.29, 1.82) is 0 Å². The highest BCUT2D eigenvalue weighted by Gasteiger charge is 2.08. The van der Waals surface area contributed by atoms with Gasteiger partial charge in [-0.1, -0.05) is 0 Å². The maximum absolute atomic E-state index is 5.44. The molecule has 0 saturated heterocycles. The number of nitrogens with zero attached hydrogens (tertiary/aromatic N) is 1. The maximum atomic E-state index is 5.44. The highest BCUT2D eigenvalue weighted by atomic mass is 16.5. The van der Waals surface area contributed by atoms with E-state index in [1.807, 2.05) is 25.1 Å². The van der Waals surface area contributed by atoms with Crippen LogP contribution in [0.1, 0.15) is 5.89 Å². The second kappa shape index (κ2) is 4.26. The van der Waals surface area contributed by atoms with Crippen LogP contribution in [0.5, 0.6) is 11.5 Å². The second-order valence-electron chi connectivity index (χ2n) is 3.31. The predicted octanol–water partition coefficient (Wildman–Crippen LogP) is 2.67. The lowest BCUT2D eigenvalue weighted by atomic mass is 10.1. The fourth-order valence-electron chi connectivity index (χ4n) is 1.48. The van der Waals surface area contributed by atoms with E-state index in [9.17, 15) is 0 Å². The van der Waals surface area contributed by atoms with Crippen LogP contribution in [-0.4, -0.2) is 19.2 Å². The van der Waals surface area contributed by atoms with E-state index in [4.69, 9.17) is 13.9 Å². The van der Waals surface area contributed by atoms with Crippen LogP contribution in [0.3, 0.4) is 0 Å². The molecule has 0 spiro atoms. The third-order valence-corrected chi connectivity index (χ3v) is 2.29. The van der Waals surface area contributed by atoms with Crippen LogP contribution in [0.15, 0.2) is 28.8 Å². The average Bonchev–Trinajstić information content (AvgIpc) is 2.75. The standard InChI is InChI=1S/C12H13NO3/c1-8-13-7-12(16-8)9-4-5-10(14-2)11(6-9)15-3/h4-7H,1-3H3. The fraction of sp³-hybridized carbons (Fsp3) is 0.250. The van der Waals surface area contributed by atoms with Crippen molar-refractivity contribution in [1.82, 2.24) is 4.98 Å². The minimum Gasteiger partial charge on any atom is -0.493 e. The van der Waals surface area contributed by atoms with E-state index >= 15 is 0 Å². The lowest BCUT2D eigenvalue weighted by Gasteiger charge is -2.07. The Labute approximate surface area is 93.8 Å². The maximum Gasteiger partial charge on any atom is 0.191 e. The summed E-state index contributed by atoms with van der Waals surface area (Å²) in [5.74, 6) is 2.74. The van der Waals surface area contributed by atoms with E-state index in [1.165, 1.54) is 0 Å². The molecule has 0 aliphatic heterocycles. The van der Waals surface area contributed by atoms with Crippen LogP contribution in [0.25, 0.3) is 11.3 Å². The molecule has 1 heterocycles. The number of benzene rings is 1. The number of ether oxygens (including phenoxy) is 2. The van der Waals surface area contributed by atoms with Crippen molar-refractivity contribution in [2.45, 2.75) is 6.92 Å². The van der Waals surface area contributed by atoms with Crippen molar-refractivity contribution >= 4 is 0 Å². The van der Waals surface area contributed by atoms with E-state index in [0.717, 1.165) is 11.3 Å². The summed E-state index contributed by atoms with van der Waals surface area (Å²) in [7, 11) is 3.21. The van der Waals surface area contributed by atoms with Crippen molar-refractivity contribution < 1.29 is 13.9 Å². The Balaban J connectivity index is 2.43. The first-order valence-electron chi connectivity index (χ1n) is 4.89. The first-order chi connectivity index (χ1) is 7.74. The smallest absolute Gasteiger partial charge is 0.191 e. The Bertz CT molecular complexity index is 491. The molecular weight excluding hydrogens is 206 g/mol. The Morgan fingerprint density at radius 3 is 2.44 bits per heavy atom. The molecule has 2 aromatic rings. The Kier molecular flexibility index (Phi) is 2.81. The van der Waals surface area contributed by atoms with Gasteiger partial charge in [0, 0.05) is 12.5 Å².